The molecule has 1 heterocycles. The van der Waals surface area contributed by atoms with Gasteiger partial charge in [0.2, 0.25) is 0 Å². The van der Waals surface area contributed by atoms with Gasteiger partial charge in [-0.2, -0.15) is 0 Å². The summed E-state index contributed by atoms with van der Waals surface area (Å²) in [7, 11) is 0. The quantitative estimate of drug-likeness (QED) is 0.658. The first-order valence-corrected chi connectivity index (χ1v) is 9.10. The number of halogens is 1. The topological polar surface area (TPSA) is 64.6 Å². The summed E-state index contributed by atoms with van der Waals surface area (Å²) in [6.45, 7) is 0.800. The van der Waals surface area contributed by atoms with E-state index in [2.05, 4.69) is 5.32 Å². The number of rotatable bonds is 4. The number of carbonyl (C=O) groups excluding carboxylic acids is 2. The molecule has 0 saturated carbocycles. The fourth-order valence-corrected chi connectivity index (χ4v) is 3.18. The highest BCUT2D eigenvalue weighted by atomic mass is 35.5. The monoisotopic (exact) mass is 393 g/mol. The molecule has 0 saturated heterocycles. The van der Waals surface area contributed by atoms with Crippen molar-refractivity contribution in [1.82, 2.24) is 0 Å². The summed E-state index contributed by atoms with van der Waals surface area (Å²) in [6.07, 6.45) is 0. The summed E-state index contributed by atoms with van der Waals surface area (Å²) in [5, 5.41) is 3.12. The molecule has 1 amide bonds. The van der Waals surface area contributed by atoms with Crippen molar-refractivity contribution >= 4 is 29.0 Å². The smallest absolute Gasteiger partial charge is 0.257 e. The maximum absolute atomic E-state index is 13.1. The highest BCUT2D eigenvalue weighted by Gasteiger charge is 2.22. The van der Waals surface area contributed by atoms with Gasteiger partial charge in [0.25, 0.3) is 5.91 Å². The number of ketones is 1. The molecule has 4 rings (SSSR count). The molecule has 3 aromatic carbocycles. The van der Waals surface area contributed by atoms with Crippen molar-refractivity contribution in [2.45, 2.75) is 0 Å². The van der Waals surface area contributed by atoms with Crippen molar-refractivity contribution in [3.63, 3.8) is 0 Å². The van der Waals surface area contributed by atoms with Gasteiger partial charge in [0.15, 0.2) is 17.3 Å². The Morgan fingerprint density at radius 1 is 0.821 bits per heavy atom. The number of fused-ring (bicyclic) bond motifs is 1. The van der Waals surface area contributed by atoms with Gasteiger partial charge in [-0.05, 0) is 18.2 Å². The Bertz CT molecular complexity index is 1050. The van der Waals surface area contributed by atoms with Gasteiger partial charge in [0.05, 0.1) is 21.8 Å². The molecule has 28 heavy (non-hydrogen) atoms. The van der Waals surface area contributed by atoms with Crippen LogP contribution in [0.5, 0.6) is 11.5 Å². The zero-order valence-electron chi connectivity index (χ0n) is 14.8. The number of hydrogen-bond donors (Lipinski definition) is 1. The molecule has 0 bridgehead atoms. The van der Waals surface area contributed by atoms with Crippen LogP contribution in [0.3, 0.4) is 0 Å². The van der Waals surface area contributed by atoms with Crippen LogP contribution in [-0.2, 0) is 0 Å². The summed E-state index contributed by atoms with van der Waals surface area (Å²) in [4.78, 5) is 25.8. The van der Waals surface area contributed by atoms with E-state index in [0.29, 0.717) is 52.1 Å². The molecule has 0 aliphatic carbocycles. The first-order valence-electron chi connectivity index (χ1n) is 8.73. The highest BCUT2D eigenvalue weighted by Crippen LogP contribution is 2.37. The third kappa shape index (κ3) is 3.57. The molecule has 1 aliphatic rings. The minimum Gasteiger partial charge on any atom is -0.486 e. The van der Waals surface area contributed by atoms with Gasteiger partial charge in [-0.15, -0.1) is 0 Å². The lowest BCUT2D eigenvalue weighted by molar-refractivity contribution is 0.102. The van der Waals surface area contributed by atoms with Crippen LogP contribution in [0.2, 0.25) is 5.02 Å². The number of ether oxygens (including phenoxy) is 2. The first kappa shape index (κ1) is 18.1. The summed E-state index contributed by atoms with van der Waals surface area (Å²) in [5.74, 6) is 0.308. The molecule has 3 aromatic rings. The Hall–Kier alpha value is -3.31. The summed E-state index contributed by atoms with van der Waals surface area (Å²) in [5.41, 5.74) is 1.48. The Morgan fingerprint density at radius 2 is 1.46 bits per heavy atom. The fraction of sp³-hybridized carbons (Fsp3) is 0.0909. The second kappa shape index (κ2) is 7.74. The maximum atomic E-state index is 13.1. The van der Waals surface area contributed by atoms with Crippen molar-refractivity contribution in [3.05, 3.63) is 88.4 Å². The predicted molar refractivity (Wildman–Crippen MR) is 107 cm³/mol. The zero-order chi connectivity index (χ0) is 19.5. The van der Waals surface area contributed by atoms with Crippen molar-refractivity contribution < 1.29 is 19.1 Å². The van der Waals surface area contributed by atoms with Crippen molar-refractivity contribution in [2.75, 3.05) is 18.5 Å². The molecule has 0 spiro atoms. The number of amides is 1. The SMILES string of the molecule is O=C(Nc1cc2c(cc1C(=O)c1ccccc1)OCCO2)c1ccccc1Cl. The van der Waals surface area contributed by atoms with Crippen molar-refractivity contribution in [3.8, 4) is 11.5 Å². The molecular formula is C22H16ClNO4. The van der Waals surface area contributed by atoms with E-state index in [4.69, 9.17) is 21.1 Å². The Kier molecular flexibility index (Phi) is 5.00. The molecule has 1 N–H and O–H groups in total. The second-order valence-corrected chi connectivity index (χ2v) is 6.58. The fourth-order valence-electron chi connectivity index (χ4n) is 2.96. The van der Waals surface area contributed by atoms with Gasteiger partial charge < -0.3 is 14.8 Å². The lowest BCUT2D eigenvalue weighted by Gasteiger charge is -2.21. The minimum atomic E-state index is -0.413. The van der Waals surface area contributed by atoms with Crippen LogP contribution in [-0.4, -0.2) is 24.9 Å². The van der Waals surface area contributed by atoms with Gasteiger partial charge in [0, 0.05) is 11.6 Å². The minimum absolute atomic E-state index is 0.230. The molecule has 0 fully saturated rings. The molecule has 0 aromatic heterocycles. The molecule has 6 heteroatoms. The molecule has 0 unspecified atom stereocenters. The van der Waals surface area contributed by atoms with E-state index in [0.717, 1.165) is 0 Å². The lowest BCUT2D eigenvalue weighted by Crippen LogP contribution is -2.19. The Morgan fingerprint density at radius 3 is 2.18 bits per heavy atom. The van der Waals surface area contributed by atoms with Gasteiger partial charge in [-0.3, -0.25) is 9.59 Å². The predicted octanol–water partition coefficient (Wildman–Crippen LogP) is 4.59. The highest BCUT2D eigenvalue weighted by molar-refractivity contribution is 6.34. The van der Waals surface area contributed by atoms with E-state index in [-0.39, 0.29) is 5.78 Å². The largest absolute Gasteiger partial charge is 0.486 e. The summed E-state index contributed by atoms with van der Waals surface area (Å²) in [6, 6.07) is 18.8. The van der Waals surface area contributed by atoms with Crippen molar-refractivity contribution in [1.29, 1.82) is 0 Å². The number of hydrogen-bond acceptors (Lipinski definition) is 4. The van der Waals surface area contributed by atoms with Crippen LogP contribution in [0.1, 0.15) is 26.3 Å². The third-order valence-corrected chi connectivity index (χ3v) is 4.66. The average Bonchev–Trinajstić information content (AvgIpc) is 2.73. The van der Waals surface area contributed by atoms with Crippen LogP contribution < -0.4 is 14.8 Å². The van der Waals surface area contributed by atoms with Gasteiger partial charge in [-0.25, -0.2) is 0 Å². The van der Waals surface area contributed by atoms with Crippen LogP contribution in [0, 0.1) is 0 Å². The summed E-state index contributed by atoms with van der Waals surface area (Å²) >= 11 is 6.13. The molecule has 5 nitrogen and oxygen atoms in total. The van der Waals surface area contributed by atoms with Crippen LogP contribution in [0.25, 0.3) is 0 Å². The van der Waals surface area contributed by atoms with E-state index in [9.17, 15) is 9.59 Å². The zero-order valence-corrected chi connectivity index (χ0v) is 15.5. The Labute approximate surface area is 166 Å². The van der Waals surface area contributed by atoms with Crippen molar-refractivity contribution in [2.24, 2.45) is 0 Å². The van der Waals surface area contributed by atoms with Gasteiger partial charge in [-0.1, -0.05) is 54.1 Å². The molecule has 1 aliphatic heterocycles. The first-order chi connectivity index (χ1) is 13.6. The maximum Gasteiger partial charge on any atom is 0.257 e. The van der Waals surface area contributed by atoms with E-state index in [1.165, 1.54) is 0 Å². The molecule has 140 valence electrons. The van der Waals surface area contributed by atoms with E-state index in [1.807, 2.05) is 6.07 Å². The lowest BCUT2D eigenvalue weighted by atomic mass is 10.0. The second-order valence-electron chi connectivity index (χ2n) is 6.17. The van der Waals surface area contributed by atoms with E-state index >= 15 is 0 Å². The molecule has 0 atom stereocenters. The average molecular weight is 394 g/mol. The van der Waals surface area contributed by atoms with Crippen LogP contribution in [0.4, 0.5) is 5.69 Å². The van der Waals surface area contributed by atoms with E-state index < -0.39 is 5.91 Å². The van der Waals surface area contributed by atoms with Gasteiger partial charge >= 0.3 is 0 Å². The number of benzene rings is 3. The van der Waals surface area contributed by atoms with Crippen LogP contribution >= 0.6 is 11.6 Å². The summed E-state index contributed by atoms with van der Waals surface area (Å²) < 4.78 is 11.2. The third-order valence-electron chi connectivity index (χ3n) is 4.33. The normalized spacial score (nSPS) is 12.3. The standard InChI is InChI=1S/C22H16ClNO4/c23-17-9-5-4-8-15(17)22(26)24-18-13-20-19(27-10-11-28-20)12-16(18)21(25)14-6-2-1-3-7-14/h1-9,12-13H,10-11H2,(H,24,26). The van der Waals surface area contributed by atoms with E-state index in [1.54, 1.807) is 60.7 Å². The van der Waals surface area contributed by atoms with Crippen LogP contribution in [0.15, 0.2) is 66.7 Å². The number of anilines is 1. The number of nitrogens with one attached hydrogen (secondary N) is 1. The number of carbonyl (C=O) groups is 2. The Balaban J connectivity index is 1.75. The van der Waals surface area contributed by atoms with Gasteiger partial charge in [0.1, 0.15) is 13.2 Å². The molecule has 0 radical (unpaired) electrons. The molecular weight excluding hydrogens is 378 g/mol.